The molecule has 1 amide bonds. The van der Waals surface area contributed by atoms with Crippen molar-refractivity contribution in [2.75, 3.05) is 18.6 Å². The van der Waals surface area contributed by atoms with Crippen molar-refractivity contribution in [1.29, 1.82) is 0 Å². The molecule has 8 heteroatoms. The fourth-order valence-electron chi connectivity index (χ4n) is 2.19. The average Bonchev–Trinajstić information content (AvgIpc) is 2.53. The molecule has 1 heterocycles. The van der Waals surface area contributed by atoms with Gasteiger partial charge in [-0.25, -0.2) is 4.79 Å². The minimum absolute atomic E-state index is 0.00827. The topological polar surface area (TPSA) is 62.4 Å². The zero-order valence-electron chi connectivity index (χ0n) is 13.0. The Hall–Kier alpha value is -2.77. The number of halogens is 3. The summed E-state index contributed by atoms with van der Waals surface area (Å²) in [6.07, 6.45) is -5.85. The van der Waals surface area contributed by atoms with Gasteiger partial charge in [0.1, 0.15) is 5.69 Å². The molecule has 0 unspecified atom stereocenters. The van der Waals surface area contributed by atoms with Gasteiger partial charge in [0.2, 0.25) is 0 Å². The summed E-state index contributed by atoms with van der Waals surface area (Å²) >= 11 is 0. The molecule has 0 atom stereocenters. The lowest BCUT2D eigenvalue weighted by Crippen LogP contribution is -2.34. The zero-order chi connectivity index (χ0) is 17.9. The number of ether oxygens (including phenoxy) is 1. The Morgan fingerprint density at radius 3 is 2.42 bits per heavy atom. The Morgan fingerprint density at radius 2 is 1.88 bits per heavy atom. The van der Waals surface area contributed by atoms with E-state index in [-0.39, 0.29) is 12.3 Å². The molecule has 0 saturated heterocycles. The molecule has 128 valence electrons. The van der Waals surface area contributed by atoms with Crippen LogP contribution in [0.2, 0.25) is 0 Å². The first-order chi connectivity index (χ1) is 11.3. The lowest BCUT2D eigenvalue weighted by atomic mass is 10.1. The van der Waals surface area contributed by atoms with Gasteiger partial charge < -0.3 is 9.72 Å². The molecule has 0 aliphatic carbocycles. The normalized spacial score (nSPS) is 11.2. The van der Waals surface area contributed by atoms with Gasteiger partial charge in [0.15, 0.2) is 0 Å². The summed E-state index contributed by atoms with van der Waals surface area (Å²) in [6, 6.07) is 8.93. The largest absolute Gasteiger partial charge is 0.449 e. The highest BCUT2D eigenvalue weighted by molar-refractivity contribution is 5.88. The Kier molecular flexibility index (Phi) is 4.96. The van der Waals surface area contributed by atoms with Crippen molar-refractivity contribution in [2.45, 2.75) is 13.1 Å². The molecule has 0 radical (unpaired) electrons. The minimum Gasteiger partial charge on any atom is -0.449 e. The van der Waals surface area contributed by atoms with Gasteiger partial charge in [-0.15, -0.1) is 0 Å². The van der Waals surface area contributed by atoms with Crippen LogP contribution >= 0.6 is 0 Å². The summed E-state index contributed by atoms with van der Waals surface area (Å²) in [4.78, 5) is 26.9. The SMILES string of the molecule is CCOC(=O)N(C)c1c(C(F)(F)F)cc(-c2ccccc2)[nH]c1=O. The second kappa shape index (κ2) is 6.77. The molecule has 0 bridgehead atoms. The number of amides is 1. The van der Waals surface area contributed by atoms with Gasteiger partial charge in [0.25, 0.3) is 5.56 Å². The molecule has 2 aromatic rings. The first kappa shape index (κ1) is 17.6. The fraction of sp³-hybridized carbons (Fsp3) is 0.250. The number of hydrogen-bond acceptors (Lipinski definition) is 3. The number of nitrogens with one attached hydrogen (secondary N) is 1. The number of carbonyl (C=O) groups is 1. The van der Waals surface area contributed by atoms with Crippen LogP contribution in [0.3, 0.4) is 0 Å². The molecule has 0 fully saturated rings. The summed E-state index contributed by atoms with van der Waals surface area (Å²) in [7, 11) is 1.06. The molecule has 5 nitrogen and oxygen atoms in total. The van der Waals surface area contributed by atoms with Crippen LogP contribution in [0.5, 0.6) is 0 Å². The van der Waals surface area contributed by atoms with Crippen molar-refractivity contribution >= 4 is 11.8 Å². The van der Waals surface area contributed by atoms with E-state index >= 15 is 0 Å². The smallest absolute Gasteiger partial charge is 0.418 e. The van der Waals surface area contributed by atoms with E-state index in [0.717, 1.165) is 13.1 Å². The number of carbonyl (C=O) groups excluding carboxylic acids is 1. The Bertz CT molecular complexity index is 785. The average molecular weight is 340 g/mol. The summed E-state index contributed by atoms with van der Waals surface area (Å²) < 4.78 is 44.9. The predicted octanol–water partition coefficient (Wildman–Crippen LogP) is 3.65. The second-order valence-electron chi connectivity index (χ2n) is 4.90. The van der Waals surface area contributed by atoms with Gasteiger partial charge >= 0.3 is 12.3 Å². The van der Waals surface area contributed by atoms with Crippen LogP contribution in [-0.2, 0) is 10.9 Å². The van der Waals surface area contributed by atoms with E-state index in [1.807, 2.05) is 0 Å². The number of pyridine rings is 1. The van der Waals surface area contributed by atoms with Gasteiger partial charge in [-0.2, -0.15) is 13.2 Å². The molecule has 1 aromatic heterocycles. The van der Waals surface area contributed by atoms with Crippen molar-refractivity contribution in [1.82, 2.24) is 4.98 Å². The maximum Gasteiger partial charge on any atom is 0.418 e. The molecule has 0 aliphatic rings. The zero-order valence-corrected chi connectivity index (χ0v) is 13.0. The monoisotopic (exact) mass is 340 g/mol. The van der Waals surface area contributed by atoms with E-state index in [4.69, 9.17) is 0 Å². The number of hydrogen-bond donors (Lipinski definition) is 1. The van der Waals surface area contributed by atoms with Crippen LogP contribution in [0.4, 0.5) is 23.7 Å². The molecule has 1 N–H and O–H groups in total. The highest BCUT2D eigenvalue weighted by Crippen LogP contribution is 2.36. The van der Waals surface area contributed by atoms with Crippen molar-refractivity contribution in [3.05, 3.63) is 52.3 Å². The van der Waals surface area contributed by atoms with Gasteiger partial charge in [-0.3, -0.25) is 9.69 Å². The first-order valence-electron chi connectivity index (χ1n) is 7.06. The minimum atomic E-state index is -4.81. The third kappa shape index (κ3) is 3.58. The Labute approximate surface area is 135 Å². The number of aromatic amines is 1. The quantitative estimate of drug-likeness (QED) is 0.928. The van der Waals surface area contributed by atoms with E-state index in [9.17, 15) is 22.8 Å². The molecule has 0 aliphatic heterocycles. The summed E-state index contributed by atoms with van der Waals surface area (Å²) in [5, 5.41) is 0. The molecule has 1 aromatic carbocycles. The van der Waals surface area contributed by atoms with Crippen LogP contribution < -0.4 is 10.5 Å². The molecular weight excluding hydrogens is 325 g/mol. The highest BCUT2D eigenvalue weighted by atomic mass is 19.4. The molecule has 0 saturated carbocycles. The molecular formula is C16H15F3N2O3. The molecule has 24 heavy (non-hydrogen) atoms. The lowest BCUT2D eigenvalue weighted by Gasteiger charge is -2.21. The predicted molar refractivity (Wildman–Crippen MR) is 82.9 cm³/mol. The van der Waals surface area contributed by atoms with Crippen LogP contribution in [0, 0.1) is 0 Å². The fourth-order valence-corrected chi connectivity index (χ4v) is 2.19. The number of rotatable bonds is 3. The van der Waals surface area contributed by atoms with E-state index in [1.165, 1.54) is 6.92 Å². The van der Waals surface area contributed by atoms with E-state index in [2.05, 4.69) is 9.72 Å². The van der Waals surface area contributed by atoms with Gasteiger partial charge in [-0.05, 0) is 18.6 Å². The van der Waals surface area contributed by atoms with E-state index in [1.54, 1.807) is 30.3 Å². The third-order valence-corrected chi connectivity index (χ3v) is 3.27. The van der Waals surface area contributed by atoms with Gasteiger partial charge in [0.05, 0.1) is 12.2 Å². The maximum absolute atomic E-state index is 13.4. The van der Waals surface area contributed by atoms with Crippen LogP contribution in [0.25, 0.3) is 11.3 Å². The lowest BCUT2D eigenvalue weighted by molar-refractivity contribution is -0.137. The van der Waals surface area contributed by atoms with Crippen LogP contribution in [0.1, 0.15) is 12.5 Å². The third-order valence-electron chi connectivity index (χ3n) is 3.27. The molecule has 0 spiro atoms. The number of anilines is 1. The van der Waals surface area contributed by atoms with Crippen molar-refractivity contribution < 1.29 is 22.7 Å². The van der Waals surface area contributed by atoms with Crippen molar-refractivity contribution in [3.8, 4) is 11.3 Å². The highest BCUT2D eigenvalue weighted by Gasteiger charge is 2.38. The van der Waals surface area contributed by atoms with E-state index < -0.39 is 29.1 Å². The number of alkyl halides is 3. The molecule has 2 rings (SSSR count). The standard InChI is InChI=1S/C16H15F3N2O3/c1-3-24-15(23)21(2)13-11(16(17,18)19)9-12(20-14(13)22)10-7-5-4-6-8-10/h4-9H,3H2,1-2H3,(H,20,22). The number of aromatic nitrogens is 1. The van der Waals surface area contributed by atoms with Gasteiger partial charge in [-0.1, -0.05) is 30.3 Å². The van der Waals surface area contributed by atoms with Crippen LogP contribution in [0.15, 0.2) is 41.2 Å². The number of benzene rings is 1. The summed E-state index contributed by atoms with van der Waals surface area (Å²) in [5.41, 5.74) is -2.61. The first-order valence-corrected chi connectivity index (χ1v) is 7.06. The Morgan fingerprint density at radius 1 is 1.25 bits per heavy atom. The number of nitrogens with zero attached hydrogens (tertiary/aromatic N) is 1. The summed E-state index contributed by atoms with van der Waals surface area (Å²) in [5.74, 6) is 0. The van der Waals surface area contributed by atoms with E-state index in [0.29, 0.717) is 10.5 Å². The maximum atomic E-state index is 13.4. The summed E-state index contributed by atoms with van der Waals surface area (Å²) in [6.45, 7) is 1.49. The second-order valence-corrected chi connectivity index (χ2v) is 4.90. The van der Waals surface area contributed by atoms with Crippen molar-refractivity contribution in [3.63, 3.8) is 0 Å². The van der Waals surface area contributed by atoms with Gasteiger partial charge in [0, 0.05) is 12.7 Å². The Balaban J connectivity index is 2.64. The van der Waals surface area contributed by atoms with Crippen LogP contribution in [-0.4, -0.2) is 24.7 Å². The van der Waals surface area contributed by atoms with Crippen molar-refractivity contribution in [2.24, 2.45) is 0 Å². The number of H-pyrrole nitrogens is 1.